The van der Waals surface area contributed by atoms with Crippen molar-refractivity contribution in [2.24, 2.45) is 23.7 Å². The minimum Gasteiger partial charge on any atom is -0.465 e. The molecule has 238 valence electrons. The fourth-order valence-electron chi connectivity index (χ4n) is 8.11. The SMILES string of the molecule is O=C(O)NC[C@H]1CC[C@H](C(=O)N2CC[C@@H](C3CCCCC3)[C@H]2C(=O)Nc2ccc3c(c2)cc2n3C(CF)(CF)OC2=O)CC1. The topological polar surface area (TPSA) is 130 Å². The lowest BCUT2D eigenvalue weighted by molar-refractivity contribution is -0.142. The lowest BCUT2D eigenvalue weighted by Crippen LogP contribution is -2.49. The van der Waals surface area contributed by atoms with E-state index in [0.717, 1.165) is 44.9 Å². The number of hydrogen-bond donors (Lipinski definition) is 3. The first-order chi connectivity index (χ1) is 21.2. The molecule has 3 N–H and O–H groups in total. The third-order valence-electron chi connectivity index (χ3n) is 10.4. The van der Waals surface area contributed by atoms with E-state index in [1.165, 1.54) is 17.1 Å². The van der Waals surface area contributed by atoms with Gasteiger partial charge in [0.25, 0.3) is 0 Å². The van der Waals surface area contributed by atoms with Gasteiger partial charge in [-0.2, -0.15) is 0 Å². The van der Waals surface area contributed by atoms with E-state index in [9.17, 15) is 28.0 Å². The fraction of sp³-hybridized carbons (Fsp3) is 0.625. The standard InChI is InChI=1S/C32H40F2N4O6/c33-17-32(18-34)38-25-11-10-23(14-22(25)15-26(38)30(41)44-32)36-28(39)27-24(20-4-2-1-3-5-20)12-13-37(27)29(40)21-8-6-19(7-9-21)16-35-31(42)43/h10-11,14-15,19-21,24,27,35H,1-9,12-13,16-18H2,(H,36,39)(H,42,43)/t19-,21-,24-,27-/m0/s1. The van der Waals surface area contributed by atoms with E-state index in [0.29, 0.717) is 48.4 Å². The number of carbonyl (C=O) groups is 4. The molecule has 2 atom stereocenters. The molecule has 0 bridgehead atoms. The van der Waals surface area contributed by atoms with Gasteiger partial charge in [-0.25, -0.2) is 18.4 Å². The van der Waals surface area contributed by atoms with Crippen LogP contribution in [-0.4, -0.2) is 70.9 Å². The zero-order valence-corrected chi connectivity index (χ0v) is 24.7. The number of carboxylic acid groups (broad SMARTS) is 1. The molecule has 0 unspecified atom stereocenters. The highest BCUT2D eigenvalue weighted by Crippen LogP contribution is 2.42. The molecular formula is C32H40F2N4O6. The van der Waals surface area contributed by atoms with Crippen LogP contribution < -0.4 is 10.6 Å². The van der Waals surface area contributed by atoms with Crippen molar-refractivity contribution in [2.45, 2.75) is 76.0 Å². The molecule has 1 aromatic carbocycles. The first-order valence-corrected chi connectivity index (χ1v) is 15.8. The van der Waals surface area contributed by atoms with Crippen LogP contribution in [0.5, 0.6) is 0 Å². The predicted molar refractivity (Wildman–Crippen MR) is 158 cm³/mol. The van der Waals surface area contributed by atoms with Crippen LogP contribution in [0.25, 0.3) is 10.9 Å². The minimum absolute atomic E-state index is 0.000267. The highest BCUT2D eigenvalue weighted by molar-refractivity contribution is 6.02. The van der Waals surface area contributed by atoms with Crippen LogP contribution in [0.15, 0.2) is 24.3 Å². The Morgan fingerprint density at radius 3 is 2.39 bits per heavy atom. The van der Waals surface area contributed by atoms with Crippen molar-refractivity contribution >= 4 is 40.5 Å². The molecule has 44 heavy (non-hydrogen) atoms. The lowest BCUT2D eigenvalue weighted by atomic mass is 9.76. The molecule has 4 aliphatic rings. The number of anilines is 1. The van der Waals surface area contributed by atoms with Crippen LogP contribution in [0.4, 0.5) is 19.3 Å². The van der Waals surface area contributed by atoms with Crippen LogP contribution in [0, 0.1) is 23.7 Å². The van der Waals surface area contributed by atoms with Gasteiger partial charge in [0.2, 0.25) is 17.5 Å². The van der Waals surface area contributed by atoms with Gasteiger partial charge in [-0.15, -0.1) is 0 Å². The largest absolute Gasteiger partial charge is 0.465 e. The summed E-state index contributed by atoms with van der Waals surface area (Å²) in [4.78, 5) is 53.0. The summed E-state index contributed by atoms with van der Waals surface area (Å²) in [7, 11) is 0. The second-order valence-corrected chi connectivity index (χ2v) is 13.0. The molecule has 2 aromatic rings. The number of benzene rings is 1. The monoisotopic (exact) mass is 614 g/mol. The smallest absolute Gasteiger partial charge is 0.404 e. The molecule has 1 aromatic heterocycles. The first-order valence-electron chi connectivity index (χ1n) is 15.8. The Bertz CT molecular complexity index is 1430. The van der Waals surface area contributed by atoms with Crippen LogP contribution in [0.1, 0.15) is 74.7 Å². The zero-order valence-electron chi connectivity index (χ0n) is 24.7. The zero-order chi connectivity index (χ0) is 31.0. The normalized spacial score (nSPS) is 26.8. The number of amides is 3. The average molecular weight is 615 g/mol. The number of alkyl halides is 2. The maximum atomic E-state index is 14.0. The van der Waals surface area contributed by atoms with Gasteiger partial charge in [-0.3, -0.25) is 14.2 Å². The maximum absolute atomic E-state index is 14.0. The molecule has 3 heterocycles. The second kappa shape index (κ2) is 12.4. The number of cyclic esters (lactones) is 1. The molecule has 3 fully saturated rings. The Morgan fingerprint density at radius 2 is 1.70 bits per heavy atom. The van der Waals surface area contributed by atoms with E-state index < -0.39 is 37.2 Å². The number of esters is 1. The molecule has 2 saturated carbocycles. The molecule has 6 rings (SSSR count). The third kappa shape index (κ3) is 5.51. The van der Waals surface area contributed by atoms with Gasteiger partial charge in [0, 0.05) is 30.1 Å². The summed E-state index contributed by atoms with van der Waals surface area (Å²) in [6.07, 6.45) is 8.09. The van der Waals surface area contributed by atoms with Crippen LogP contribution in [0.3, 0.4) is 0 Å². The minimum atomic E-state index is -2.03. The van der Waals surface area contributed by atoms with Crippen LogP contribution in [-0.2, 0) is 20.1 Å². The summed E-state index contributed by atoms with van der Waals surface area (Å²) in [5, 5.41) is 14.9. The van der Waals surface area contributed by atoms with Gasteiger partial charge in [0.05, 0.1) is 5.52 Å². The number of fused-ring (bicyclic) bond motifs is 3. The van der Waals surface area contributed by atoms with Crippen molar-refractivity contribution < 1.29 is 37.8 Å². The summed E-state index contributed by atoms with van der Waals surface area (Å²) >= 11 is 0. The number of carbonyl (C=O) groups excluding carboxylic acids is 3. The number of nitrogens with one attached hydrogen (secondary N) is 2. The Morgan fingerprint density at radius 1 is 0.977 bits per heavy atom. The van der Waals surface area contributed by atoms with Crippen LogP contribution in [0.2, 0.25) is 0 Å². The first kappa shape index (κ1) is 30.3. The number of aromatic nitrogens is 1. The van der Waals surface area contributed by atoms with Crippen molar-refractivity contribution in [3.63, 3.8) is 0 Å². The molecule has 1 saturated heterocycles. The van der Waals surface area contributed by atoms with Gasteiger partial charge >= 0.3 is 12.1 Å². The van der Waals surface area contributed by atoms with E-state index in [1.54, 1.807) is 23.1 Å². The van der Waals surface area contributed by atoms with E-state index in [-0.39, 0.29) is 35.3 Å². The van der Waals surface area contributed by atoms with E-state index in [4.69, 9.17) is 9.84 Å². The van der Waals surface area contributed by atoms with Crippen molar-refractivity contribution in [1.29, 1.82) is 0 Å². The molecule has 0 spiro atoms. The number of likely N-dealkylation sites (tertiary alicyclic amines) is 1. The molecule has 2 aliphatic carbocycles. The van der Waals surface area contributed by atoms with Gasteiger partial charge < -0.3 is 25.4 Å². The number of rotatable bonds is 8. The van der Waals surface area contributed by atoms with E-state index >= 15 is 0 Å². The summed E-state index contributed by atoms with van der Waals surface area (Å²) in [6, 6.07) is 5.84. The third-order valence-corrected chi connectivity index (χ3v) is 10.4. The van der Waals surface area contributed by atoms with Gasteiger partial charge in [0.15, 0.2) is 13.3 Å². The van der Waals surface area contributed by atoms with Crippen molar-refractivity contribution in [1.82, 2.24) is 14.8 Å². The van der Waals surface area contributed by atoms with E-state index in [1.807, 2.05) is 0 Å². The van der Waals surface area contributed by atoms with Gasteiger partial charge in [0.1, 0.15) is 11.7 Å². The quantitative estimate of drug-likeness (QED) is 0.350. The maximum Gasteiger partial charge on any atom is 0.404 e. The van der Waals surface area contributed by atoms with Crippen LogP contribution >= 0.6 is 0 Å². The molecule has 12 heteroatoms. The van der Waals surface area contributed by atoms with Gasteiger partial charge in [-0.1, -0.05) is 32.1 Å². The molecular weight excluding hydrogens is 574 g/mol. The molecule has 10 nitrogen and oxygen atoms in total. The molecule has 2 aliphatic heterocycles. The summed E-state index contributed by atoms with van der Waals surface area (Å²) < 4.78 is 34.1. The Balaban J connectivity index is 1.21. The lowest BCUT2D eigenvalue weighted by Gasteiger charge is -2.36. The Kier molecular flexibility index (Phi) is 8.52. The number of hydrogen-bond acceptors (Lipinski definition) is 5. The second-order valence-electron chi connectivity index (χ2n) is 13.0. The average Bonchev–Trinajstić information content (AvgIpc) is 3.73. The summed E-state index contributed by atoms with van der Waals surface area (Å²) in [5.41, 5.74) is -1.08. The van der Waals surface area contributed by atoms with E-state index in [2.05, 4.69) is 10.6 Å². The van der Waals surface area contributed by atoms with Gasteiger partial charge in [-0.05, 0) is 74.1 Å². The number of nitrogens with zero attached hydrogens (tertiary/aromatic N) is 2. The molecule has 3 amide bonds. The number of halogens is 2. The Labute approximate surface area is 254 Å². The fourth-order valence-corrected chi connectivity index (χ4v) is 8.11. The van der Waals surface area contributed by atoms with Crippen molar-refractivity contribution in [3.8, 4) is 0 Å². The van der Waals surface area contributed by atoms with Crippen molar-refractivity contribution in [2.75, 3.05) is 31.8 Å². The molecule has 0 radical (unpaired) electrons. The summed E-state index contributed by atoms with van der Waals surface area (Å²) in [5.74, 6) is -0.616. The number of ether oxygens (including phenoxy) is 1. The highest BCUT2D eigenvalue weighted by Gasteiger charge is 2.48. The summed E-state index contributed by atoms with van der Waals surface area (Å²) in [6.45, 7) is -1.51. The Hall–Kier alpha value is -3.70. The van der Waals surface area contributed by atoms with Crippen molar-refractivity contribution in [3.05, 3.63) is 30.0 Å². The highest BCUT2D eigenvalue weighted by atomic mass is 19.1. The predicted octanol–water partition coefficient (Wildman–Crippen LogP) is 5.21.